The molecule has 0 bridgehead atoms. The second-order valence-electron chi connectivity index (χ2n) is 6.46. The molecule has 4 rings (SSSR count). The number of benzene rings is 1. The van der Waals surface area contributed by atoms with Crippen molar-refractivity contribution in [2.45, 2.75) is 25.2 Å². The highest BCUT2D eigenvalue weighted by atomic mass is 79.9. The van der Waals surface area contributed by atoms with Gasteiger partial charge in [0, 0.05) is 43.1 Å². The predicted octanol–water partition coefficient (Wildman–Crippen LogP) is 5.47. The molecule has 0 fully saturated rings. The van der Waals surface area contributed by atoms with Gasteiger partial charge in [0.25, 0.3) is 0 Å². The van der Waals surface area contributed by atoms with Crippen molar-refractivity contribution >= 4 is 50.3 Å². The quantitative estimate of drug-likeness (QED) is 0.645. The van der Waals surface area contributed by atoms with Crippen LogP contribution in [0.5, 0.6) is 0 Å². The zero-order valence-electron chi connectivity index (χ0n) is 14.2. The minimum absolute atomic E-state index is 0.0815. The molecule has 0 saturated heterocycles. The van der Waals surface area contributed by atoms with Crippen molar-refractivity contribution in [2.24, 2.45) is 5.73 Å². The van der Waals surface area contributed by atoms with Crippen LogP contribution in [0.15, 0.2) is 62.8 Å². The van der Waals surface area contributed by atoms with Gasteiger partial charge in [-0.15, -0.1) is 11.3 Å². The molecule has 0 radical (unpaired) electrons. The molecular formula is C20H15BrClN3OS. The minimum atomic E-state index is -0.412. The standard InChI is InChI=1S/C20H15BrClN3OS/c21-11-7-17(27-10-11)18-14(9-23)20(24)25(13-4-1-3-12(22)8-13)15-5-2-6-16(26)19(15)18/h1,3-4,7-8,10,18H,2,5-6,24H2. The topological polar surface area (TPSA) is 70.1 Å². The maximum Gasteiger partial charge on any atom is 0.161 e. The number of nitrogens with zero attached hydrogens (tertiary/aromatic N) is 2. The number of nitriles is 1. The summed E-state index contributed by atoms with van der Waals surface area (Å²) in [5, 5.41) is 12.4. The van der Waals surface area contributed by atoms with E-state index in [0.29, 0.717) is 28.4 Å². The van der Waals surface area contributed by atoms with Gasteiger partial charge in [0.2, 0.25) is 0 Å². The molecule has 27 heavy (non-hydrogen) atoms. The van der Waals surface area contributed by atoms with Gasteiger partial charge in [-0.2, -0.15) is 5.26 Å². The molecule has 2 aromatic rings. The number of hydrogen-bond donors (Lipinski definition) is 1. The Morgan fingerprint density at radius 1 is 1.33 bits per heavy atom. The van der Waals surface area contributed by atoms with Crippen LogP contribution in [0.1, 0.15) is 30.1 Å². The maximum atomic E-state index is 12.9. The van der Waals surface area contributed by atoms with E-state index in [0.717, 1.165) is 33.6 Å². The fourth-order valence-electron chi connectivity index (χ4n) is 3.76. The van der Waals surface area contributed by atoms with E-state index in [-0.39, 0.29) is 5.78 Å². The first-order valence-electron chi connectivity index (χ1n) is 8.47. The third kappa shape index (κ3) is 3.10. The Morgan fingerprint density at radius 2 is 2.15 bits per heavy atom. The molecule has 1 aromatic heterocycles. The van der Waals surface area contributed by atoms with Crippen LogP contribution < -0.4 is 10.6 Å². The summed E-state index contributed by atoms with van der Waals surface area (Å²) in [6.45, 7) is 0. The number of carbonyl (C=O) groups is 1. The van der Waals surface area contributed by atoms with Crippen molar-refractivity contribution in [3.05, 3.63) is 72.7 Å². The average molecular weight is 461 g/mol. The lowest BCUT2D eigenvalue weighted by molar-refractivity contribution is -0.116. The van der Waals surface area contributed by atoms with E-state index in [1.165, 1.54) is 11.3 Å². The first-order chi connectivity index (χ1) is 13.0. The van der Waals surface area contributed by atoms with Crippen molar-refractivity contribution in [1.82, 2.24) is 0 Å². The van der Waals surface area contributed by atoms with Crippen LogP contribution in [0.25, 0.3) is 0 Å². The number of halogens is 2. The number of rotatable bonds is 2. The van der Waals surface area contributed by atoms with Crippen LogP contribution in [0.2, 0.25) is 5.02 Å². The maximum absolute atomic E-state index is 12.9. The average Bonchev–Trinajstić information content (AvgIpc) is 3.07. The largest absolute Gasteiger partial charge is 0.384 e. The number of carbonyl (C=O) groups excluding carboxylic acids is 1. The molecule has 0 saturated carbocycles. The molecule has 1 aromatic carbocycles. The Hall–Kier alpha value is -2.07. The van der Waals surface area contributed by atoms with Crippen molar-refractivity contribution < 1.29 is 4.79 Å². The number of thiophene rings is 1. The van der Waals surface area contributed by atoms with Crippen LogP contribution in [-0.4, -0.2) is 5.78 Å². The zero-order valence-corrected chi connectivity index (χ0v) is 17.4. The van der Waals surface area contributed by atoms with Gasteiger partial charge in [0.05, 0.1) is 17.6 Å². The lowest BCUT2D eigenvalue weighted by atomic mass is 9.78. The molecule has 0 amide bonds. The lowest BCUT2D eigenvalue weighted by Gasteiger charge is -2.39. The summed E-state index contributed by atoms with van der Waals surface area (Å²) in [7, 11) is 0. The monoisotopic (exact) mass is 459 g/mol. The highest BCUT2D eigenvalue weighted by Gasteiger charge is 2.40. The summed E-state index contributed by atoms with van der Waals surface area (Å²) in [4.78, 5) is 15.7. The molecule has 2 heterocycles. The number of allylic oxidation sites excluding steroid dienone is 3. The number of anilines is 1. The van der Waals surface area contributed by atoms with Gasteiger partial charge in [-0.25, -0.2) is 0 Å². The molecule has 2 aliphatic rings. The van der Waals surface area contributed by atoms with E-state index in [1.54, 1.807) is 12.1 Å². The van der Waals surface area contributed by atoms with Crippen molar-refractivity contribution in [1.29, 1.82) is 5.26 Å². The second kappa shape index (κ2) is 7.16. The van der Waals surface area contributed by atoms with Gasteiger partial charge in [-0.05, 0) is 53.0 Å². The Labute approximate surface area is 174 Å². The van der Waals surface area contributed by atoms with Crippen LogP contribution in [0.3, 0.4) is 0 Å². The van der Waals surface area contributed by atoms with Crippen LogP contribution in [0.4, 0.5) is 5.69 Å². The predicted molar refractivity (Wildman–Crippen MR) is 111 cm³/mol. The molecule has 1 aliphatic heterocycles. The van der Waals surface area contributed by atoms with Crippen LogP contribution in [0, 0.1) is 11.3 Å². The molecule has 4 nitrogen and oxygen atoms in total. The van der Waals surface area contributed by atoms with E-state index < -0.39 is 5.92 Å². The molecule has 1 atom stereocenters. The van der Waals surface area contributed by atoms with Gasteiger partial charge in [-0.1, -0.05) is 17.7 Å². The van der Waals surface area contributed by atoms with E-state index in [9.17, 15) is 10.1 Å². The molecule has 1 unspecified atom stereocenters. The Morgan fingerprint density at radius 3 is 2.81 bits per heavy atom. The first kappa shape index (κ1) is 18.3. The molecular weight excluding hydrogens is 446 g/mol. The van der Waals surface area contributed by atoms with E-state index in [1.807, 2.05) is 28.5 Å². The fraction of sp³-hybridized carbons (Fsp3) is 0.200. The first-order valence-corrected chi connectivity index (χ1v) is 10.5. The normalized spacial score (nSPS) is 20.0. The molecule has 0 spiro atoms. The third-order valence-corrected chi connectivity index (χ3v) is 6.85. The summed E-state index contributed by atoms with van der Waals surface area (Å²) in [5.74, 6) is 0.0327. The van der Waals surface area contributed by atoms with E-state index in [2.05, 4.69) is 22.0 Å². The molecule has 2 N–H and O–H groups in total. The summed E-state index contributed by atoms with van der Waals surface area (Å²) in [6.07, 6.45) is 1.99. The number of nitrogens with two attached hydrogens (primary N) is 1. The fourth-order valence-corrected chi connectivity index (χ4v) is 5.51. The molecule has 7 heteroatoms. The Balaban J connectivity index is 1.97. The summed E-state index contributed by atoms with van der Waals surface area (Å²) in [6, 6.07) is 11.5. The van der Waals surface area contributed by atoms with Crippen molar-refractivity contribution in [3.63, 3.8) is 0 Å². The Kier molecular flexibility index (Phi) is 4.85. The number of Topliss-reactive ketones (excluding diaryl/α,β-unsaturated/α-hetero) is 1. The Bertz CT molecular complexity index is 1050. The third-order valence-electron chi connectivity index (χ3n) is 4.85. The zero-order chi connectivity index (χ0) is 19.1. The molecule has 1 aliphatic carbocycles. The SMILES string of the molecule is N#CC1=C(N)N(c2cccc(Cl)c2)C2=C(C(=O)CCC2)C1c1cc(Br)cs1. The highest BCUT2D eigenvalue weighted by Crippen LogP contribution is 2.48. The summed E-state index contributed by atoms with van der Waals surface area (Å²) < 4.78 is 0.932. The van der Waals surface area contributed by atoms with Gasteiger partial charge in [0.1, 0.15) is 5.82 Å². The van der Waals surface area contributed by atoms with Gasteiger partial charge in [0.15, 0.2) is 5.78 Å². The van der Waals surface area contributed by atoms with Crippen LogP contribution >= 0.6 is 38.9 Å². The van der Waals surface area contributed by atoms with E-state index in [4.69, 9.17) is 17.3 Å². The minimum Gasteiger partial charge on any atom is -0.384 e. The second-order valence-corrected chi connectivity index (χ2v) is 8.76. The van der Waals surface area contributed by atoms with Gasteiger partial charge in [-0.3, -0.25) is 9.69 Å². The van der Waals surface area contributed by atoms with Crippen LogP contribution in [-0.2, 0) is 4.79 Å². The summed E-state index contributed by atoms with van der Waals surface area (Å²) >= 11 is 11.2. The summed E-state index contributed by atoms with van der Waals surface area (Å²) in [5.41, 5.74) is 9.21. The number of hydrogen-bond acceptors (Lipinski definition) is 5. The molecule has 136 valence electrons. The van der Waals surface area contributed by atoms with Crippen molar-refractivity contribution in [2.75, 3.05) is 4.90 Å². The lowest BCUT2D eigenvalue weighted by Crippen LogP contribution is -2.38. The van der Waals surface area contributed by atoms with E-state index >= 15 is 0 Å². The van der Waals surface area contributed by atoms with Gasteiger partial charge >= 0.3 is 0 Å². The number of ketones is 1. The van der Waals surface area contributed by atoms with Gasteiger partial charge < -0.3 is 5.73 Å². The van der Waals surface area contributed by atoms with Crippen molar-refractivity contribution in [3.8, 4) is 6.07 Å². The highest BCUT2D eigenvalue weighted by molar-refractivity contribution is 9.10. The smallest absolute Gasteiger partial charge is 0.161 e.